The molecule has 0 amide bonds. The zero-order valence-electron chi connectivity index (χ0n) is 5.89. The lowest BCUT2D eigenvalue weighted by atomic mass is 10.1. The standard InChI is InChI=1S/C7H12N2/c1-6(2)5-7(9)3-4-8/h3,6H,5,9H2,1-2H3. The molecule has 2 nitrogen and oxygen atoms in total. The Hall–Kier alpha value is -0.970. The molecule has 2 N–H and O–H groups in total. The largest absolute Gasteiger partial charge is 0.401 e. The van der Waals surface area contributed by atoms with Crippen LogP contribution in [0.1, 0.15) is 20.3 Å². The highest BCUT2D eigenvalue weighted by Gasteiger charge is 1.94. The molecule has 9 heavy (non-hydrogen) atoms. The number of hydrogen-bond donors (Lipinski definition) is 1. The lowest BCUT2D eigenvalue weighted by molar-refractivity contribution is 0.638. The smallest absolute Gasteiger partial charge is 0.0930 e. The molecule has 0 aromatic carbocycles. The van der Waals surface area contributed by atoms with Gasteiger partial charge in [-0.1, -0.05) is 13.8 Å². The van der Waals surface area contributed by atoms with Crippen molar-refractivity contribution in [2.75, 3.05) is 0 Å². The van der Waals surface area contributed by atoms with Gasteiger partial charge in [-0.05, 0) is 12.3 Å². The van der Waals surface area contributed by atoms with Crippen LogP contribution in [0.3, 0.4) is 0 Å². The maximum atomic E-state index is 8.14. The summed E-state index contributed by atoms with van der Waals surface area (Å²) >= 11 is 0. The summed E-state index contributed by atoms with van der Waals surface area (Å²) in [5.74, 6) is 0.537. The van der Waals surface area contributed by atoms with Crippen LogP contribution in [0, 0.1) is 17.2 Å². The van der Waals surface area contributed by atoms with Gasteiger partial charge in [0.1, 0.15) is 0 Å². The molecule has 0 saturated heterocycles. The molecule has 0 aliphatic carbocycles. The molecule has 2 heteroatoms. The fourth-order valence-corrected chi connectivity index (χ4v) is 0.613. The lowest BCUT2D eigenvalue weighted by Crippen LogP contribution is -2.00. The van der Waals surface area contributed by atoms with Gasteiger partial charge in [-0.2, -0.15) is 5.26 Å². The van der Waals surface area contributed by atoms with Gasteiger partial charge in [-0.15, -0.1) is 0 Å². The molecule has 0 fully saturated rings. The van der Waals surface area contributed by atoms with Crippen LogP contribution in [-0.4, -0.2) is 0 Å². The van der Waals surface area contributed by atoms with Crippen LogP contribution in [0.25, 0.3) is 0 Å². The predicted octanol–water partition coefficient (Wildman–Crippen LogP) is 1.40. The van der Waals surface area contributed by atoms with Gasteiger partial charge in [0.15, 0.2) is 0 Å². The van der Waals surface area contributed by atoms with E-state index in [9.17, 15) is 0 Å². The topological polar surface area (TPSA) is 49.8 Å². The molecule has 0 aromatic heterocycles. The van der Waals surface area contributed by atoms with Crippen molar-refractivity contribution < 1.29 is 0 Å². The number of nitrogens with two attached hydrogens (primary N) is 1. The first-order valence-corrected chi connectivity index (χ1v) is 3.01. The summed E-state index contributed by atoms with van der Waals surface area (Å²) in [6.07, 6.45) is 2.20. The predicted molar refractivity (Wildman–Crippen MR) is 37.3 cm³/mol. The summed E-state index contributed by atoms with van der Waals surface area (Å²) in [5, 5.41) is 8.14. The molecule has 0 aliphatic rings. The van der Waals surface area contributed by atoms with Crippen LogP contribution >= 0.6 is 0 Å². The zero-order valence-corrected chi connectivity index (χ0v) is 5.89. The number of hydrogen-bond acceptors (Lipinski definition) is 2. The van der Waals surface area contributed by atoms with Gasteiger partial charge in [-0.3, -0.25) is 0 Å². The molecule has 0 rings (SSSR count). The Kier molecular flexibility index (Phi) is 3.54. The van der Waals surface area contributed by atoms with E-state index in [2.05, 4.69) is 13.8 Å². The van der Waals surface area contributed by atoms with E-state index in [1.165, 1.54) is 6.08 Å². The van der Waals surface area contributed by atoms with Crippen molar-refractivity contribution in [2.45, 2.75) is 20.3 Å². The Morgan fingerprint density at radius 2 is 2.33 bits per heavy atom. The third-order valence-corrected chi connectivity index (χ3v) is 0.894. The number of rotatable bonds is 2. The van der Waals surface area contributed by atoms with Crippen LogP contribution in [-0.2, 0) is 0 Å². The van der Waals surface area contributed by atoms with E-state index in [1.54, 1.807) is 0 Å². The minimum Gasteiger partial charge on any atom is -0.401 e. The number of nitrogens with zero attached hydrogens (tertiary/aromatic N) is 1. The summed E-state index contributed by atoms with van der Waals surface area (Å²) in [5.41, 5.74) is 6.10. The SMILES string of the molecule is CC(C)CC(N)=CC#N. The van der Waals surface area contributed by atoms with Crippen molar-refractivity contribution >= 4 is 0 Å². The summed E-state index contributed by atoms with van der Waals surface area (Å²) in [6, 6.07) is 1.89. The zero-order chi connectivity index (χ0) is 7.28. The Morgan fingerprint density at radius 3 is 2.67 bits per heavy atom. The van der Waals surface area contributed by atoms with Gasteiger partial charge in [0, 0.05) is 11.8 Å². The second-order valence-corrected chi connectivity index (χ2v) is 2.45. The van der Waals surface area contributed by atoms with Crippen molar-refractivity contribution in [3.05, 3.63) is 11.8 Å². The third kappa shape index (κ3) is 4.89. The summed E-state index contributed by atoms with van der Waals surface area (Å²) in [7, 11) is 0. The molecule has 0 radical (unpaired) electrons. The molecule has 0 unspecified atom stereocenters. The molecule has 0 heterocycles. The highest BCUT2D eigenvalue weighted by Crippen LogP contribution is 2.03. The maximum Gasteiger partial charge on any atom is 0.0930 e. The average Bonchev–Trinajstić information content (AvgIpc) is 1.63. The number of nitriles is 1. The van der Waals surface area contributed by atoms with Crippen LogP contribution in [0.2, 0.25) is 0 Å². The highest BCUT2D eigenvalue weighted by atomic mass is 14.6. The van der Waals surface area contributed by atoms with E-state index in [0.29, 0.717) is 11.6 Å². The Balaban J connectivity index is 3.66. The van der Waals surface area contributed by atoms with E-state index in [1.807, 2.05) is 6.07 Å². The minimum atomic E-state index is 0.537. The van der Waals surface area contributed by atoms with Gasteiger partial charge in [0.05, 0.1) is 6.07 Å². The molecular formula is C7H12N2. The molecule has 0 aromatic rings. The minimum absolute atomic E-state index is 0.537. The van der Waals surface area contributed by atoms with E-state index in [-0.39, 0.29) is 0 Å². The Morgan fingerprint density at radius 1 is 1.78 bits per heavy atom. The molecule has 0 saturated carbocycles. The second kappa shape index (κ2) is 3.96. The quantitative estimate of drug-likeness (QED) is 0.565. The summed E-state index contributed by atoms with van der Waals surface area (Å²) in [4.78, 5) is 0. The molecule has 0 spiro atoms. The third-order valence-electron chi connectivity index (χ3n) is 0.894. The van der Waals surface area contributed by atoms with E-state index < -0.39 is 0 Å². The van der Waals surface area contributed by atoms with Crippen molar-refractivity contribution in [3.63, 3.8) is 0 Å². The fourth-order valence-electron chi connectivity index (χ4n) is 0.613. The maximum absolute atomic E-state index is 8.14. The number of allylic oxidation sites excluding steroid dienone is 2. The van der Waals surface area contributed by atoms with Gasteiger partial charge < -0.3 is 5.73 Å². The van der Waals surface area contributed by atoms with Crippen molar-refractivity contribution in [2.24, 2.45) is 11.7 Å². The van der Waals surface area contributed by atoms with Gasteiger partial charge in [-0.25, -0.2) is 0 Å². The monoisotopic (exact) mass is 124 g/mol. The average molecular weight is 124 g/mol. The van der Waals surface area contributed by atoms with Crippen LogP contribution < -0.4 is 5.73 Å². The molecule has 50 valence electrons. The molecule has 0 bridgehead atoms. The molecular weight excluding hydrogens is 112 g/mol. The summed E-state index contributed by atoms with van der Waals surface area (Å²) < 4.78 is 0. The van der Waals surface area contributed by atoms with Gasteiger partial charge in [0.25, 0.3) is 0 Å². The van der Waals surface area contributed by atoms with Crippen molar-refractivity contribution in [1.29, 1.82) is 5.26 Å². The first-order chi connectivity index (χ1) is 4.16. The first-order valence-electron chi connectivity index (χ1n) is 3.01. The molecule has 0 aliphatic heterocycles. The van der Waals surface area contributed by atoms with E-state index >= 15 is 0 Å². The van der Waals surface area contributed by atoms with Gasteiger partial charge >= 0.3 is 0 Å². The first kappa shape index (κ1) is 8.03. The Bertz CT molecular complexity index is 139. The van der Waals surface area contributed by atoms with Crippen molar-refractivity contribution in [3.8, 4) is 6.07 Å². The lowest BCUT2D eigenvalue weighted by Gasteiger charge is -2.01. The second-order valence-electron chi connectivity index (χ2n) is 2.45. The van der Waals surface area contributed by atoms with E-state index in [0.717, 1.165) is 6.42 Å². The summed E-state index contributed by atoms with van der Waals surface area (Å²) in [6.45, 7) is 4.14. The highest BCUT2D eigenvalue weighted by molar-refractivity contribution is 5.10. The Labute approximate surface area is 56.0 Å². The van der Waals surface area contributed by atoms with E-state index in [4.69, 9.17) is 11.0 Å². The molecule has 0 atom stereocenters. The van der Waals surface area contributed by atoms with Crippen LogP contribution in [0.15, 0.2) is 11.8 Å². The van der Waals surface area contributed by atoms with Gasteiger partial charge in [0.2, 0.25) is 0 Å². The van der Waals surface area contributed by atoms with Crippen LogP contribution in [0.4, 0.5) is 0 Å². The fraction of sp³-hybridized carbons (Fsp3) is 0.571. The van der Waals surface area contributed by atoms with Crippen LogP contribution in [0.5, 0.6) is 0 Å². The van der Waals surface area contributed by atoms with Crippen molar-refractivity contribution in [1.82, 2.24) is 0 Å². The normalized spacial score (nSPS) is 11.6.